The molecule has 0 unspecified atom stereocenters. The summed E-state index contributed by atoms with van der Waals surface area (Å²) in [5.41, 5.74) is 0.131. The van der Waals surface area contributed by atoms with Crippen LogP contribution in [0.25, 0.3) is 0 Å². The van der Waals surface area contributed by atoms with Crippen LogP contribution in [-0.4, -0.2) is 41.9 Å². The predicted octanol–water partition coefficient (Wildman–Crippen LogP) is 1.01. The number of aromatic nitrogens is 2. The maximum atomic E-state index is 5.87. The summed E-state index contributed by atoms with van der Waals surface area (Å²) >= 11 is 0. The second-order valence-corrected chi connectivity index (χ2v) is 5.16. The summed E-state index contributed by atoms with van der Waals surface area (Å²) in [7, 11) is 0. The minimum Gasteiger partial charge on any atom is -0.463 e. The zero-order valence-corrected chi connectivity index (χ0v) is 10.5. The topological polar surface area (TPSA) is 56.3 Å². The predicted molar refractivity (Wildman–Crippen MR) is 66.4 cm³/mol. The first-order valence-corrected chi connectivity index (χ1v) is 6.61. The van der Waals surface area contributed by atoms with Gasteiger partial charge in [-0.05, 0) is 31.2 Å². The third-order valence-electron chi connectivity index (χ3n) is 3.79. The van der Waals surface area contributed by atoms with E-state index in [1.165, 1.54) is 0 Å². The molecule has 3 rings (SSSR count). The summed E-state index contributed by atoms with van der Waals surface area (Å²) in [6, 6.07) is 2.27. The number of rotatable bonds is 4. The second-order valence-electron chi connectivity index (χ2n) is 5.16. The molecule has 0 radical (unpaired) electrons. The fourth-order valence-electron chi connectivity index (χ4n) is 2.70. The molecule has 2 saturated heterocycles. The normalized spacial score (nSPS) is 25.7. The van der Waals surface area contributed by atoms with Gasteiger partial charge in [0.2, 0.25) is 0 Å². The summed E-state index contributed by atoms with van der Waals surface area (Å²) < 4.78 is 11.4. The lowest BCUT2D eigenvalue weighted by molar-refractivity contribution is -0.128. The van der Waals surface area contributed by atoms with E-state index in [9.17, 15) is 0 Å². The van der Waals surface area contributed by atoms with E-state index in [-0.39, 0.29) is 5.60 Å². The smallest absolute Gasteiger partial charge is 0.316 e. The van der Waals surface area contributed by atoms with E-state index >= 15 is 0 Å². The Labute approximate surface area is 107 Å². The maximum Gasteiger partial charge on any atom is 0.316 e. The Balaban J connectivity index is 1.43. The standard InChI is InChI=1S/C13H19N3O2/c1-4-15-12(16-5-1)17-6-2-11-3-7-18-13(8-11)9-14-10-13/h1,4-5,11,14H,2-3,6-10H2/t11-/m0/s1. The molecule has 0 amide bonds. The van der Waals surface area contributed by atoms with E-state index < -0.39 is 0 Å². The van der Waals surface area contributed by atoms with Crippen molar-refractivity contribution in [1.82, 2.24) is 15.3 Å². The molecule has 1 spiro atoms. The molecule has 3 heterocycles. The molecule has 2 aliphatic heterocycles. The Morgan fingerprint density at radius 2 is 2.22 bits per heavy atom. The van der Waals surface area contributed by atoms with Crippen molar-refractivity contribution in [3.05, 3.63) is 18.5 Å². The van der Waals surface area contributed by atoms with Gasteiger partial charge in [-0.25, -0.2) is 9.97 Å². The molecule has 0 aromatic carbocycles. The molecule has 5 heteroatoms. The van der Waals surface area contributed by atoms with Gasteiger partial charge in [0.25, 0.3) is 0 Å². The van der Waals surface area contributed by atoms with E-state index in [0.29, 0.717) is 18.5 Å². The monoisotopic (exact) mass is 249 g/mol. The van der Waals surface area contributed by atoms with Gasteiger partial charge in [-0.15, -0.1) is 0 Å². The van der Waals surface area contributed by atoms with Gasteiger partial charge in [0, 0.05) is 32.1 Å². The zero-order chi connectivity index (χ0) is 12.3. The van der Waals surface area contributed by atoms with Crippen LogP contribution in [0.1, 0.15) is 19.3 Å². The average molecular weight is 249 g/mol. The summed E-state index contributed by atoms with van der Waals surface area (Å²) in [5.74, 6) is 0.699. The molecular weight excluding hydrogens is 230 g/mol. The molecule has 2 aliphatic rings. The number of ether oxygens (including phenoxy) is 2. The molecule has 1 N–H and O–H groups in total. The quantitative estimate of drug-likeness (QED) is 0.863. The Bertz CT molecular complexity index is 381. The first-order valence-electron chi connectivity index (χ1n) is 6.61. The van der Waals surface area contributed by atoms with Gasteiger partial charge in [-0.1, -0.05) is 0 Å². The lowest BCUT2D eigenvalue weighted by atomic mass is 9.80. The van der Waals surface area contributed by atoms with Crippen LogP contribution in [0, 0.1) is 5.92 Å². The first-order chi connectivity index (χ1) is 8.86. The van der Waals surface area contributed by atoms with E-state index in [0.717, 1.165) is 39.0 Å². The van der Waals surface area contributed by atoms with Crippen LogP contribution in [0.4, 0.5) is 0 Å². The average Bonchev–Trinajstić information content (AvgIpc) is 2.39. The van der Waals surface area contributed by atoms with Crippen LogP contribution in [0.2, 0.25) is 0 Å². The van der Waals surface area contributed by atoms with Crippen LogP contribution in [0.15, 0.2) is 18.5 Å². The Kier molecular flexibility index (Phi) is 3.43. The molecule has 98 valence electrons. The minimum absolute atomic E-state index is 0.131. The first kappa shape index (κ1) is 11.9. The highest BCUT2D eigenvalue weighted by Crippen LogP contribution is 2.33. The zero-order valence-electron chi connectivity index (χ0n) is 10.5. The Morgan fingerprint density at radius 1 is 1.39 bits per heavy atom. The van der Waals surface area contributed by atoms with Gasteiger partial charge in [-0.3, -0.25) is 0 Å². The van der Waals surface area contributed by atoms with Crippen LogP contribution in [-0.2, 0) is 4.74 Å². The van der Waals surface area contributed by atoms with Gasteiger partial charge in [0.1, 0.15) is 0 Å². The molecule has 1 aromatic rings. The summed E-state index contributed by atoms with van der Waals surface area (Å²) in [4.78, 5) is 8.10. The van der Waals surface area contributed by atoms with E-state index in [4.69, 9.17) is 9.47 Å². The van der Waals surface area contributed by atoms with Crippen molar-refractivity contribution < 1.29 is 9.47 Å². The third-order valence-corrected chi connectivity index (χ3v) is 3.79. The summed E-state index contributed by atoms with van der Waals surface area (Å²) in [6.07, 6.45) is 6.75. The number of hydrogen-bond donors (Lipinski definition) is 1. The molecule has 0 bridgehead atoms. The van der Waals surface area contributed by atoms with E-state index in [1.54, 1.807) is 18.5 Å². The summed E-state index contributed by atoms with van der Waals surface area (Å²) in [6.45, 7) is 3.59. The second kappa shape index (κ2) is 5.20. The maximum absolute atomic E-state index is 5.87. The minimum atomic E-state index is 0.131. The molecule has 5 nitrogen and oxygen atoms in total. The highest BCUT2D eigenvalue weighted by Gasteiger charge is 2.42. The van der Waals surface area contributed by atoms with Gasteiger partial charge < -0.3 is 14.8 Å². The fraction of sp³-hybridized carbons (Fsp3) is 0.692. The summed E-state index contributed by atoms with van der Waals surface area (Å²) in [5, 5.41) is 3.30. The fourth-order valence-corrected chi connectivity index (χ4v) is 2.70. The highest BCUT2D eigenvalue weighted by atomic mass is 16.5. The van der Waals surface area contributed by atoms with Crippen LogP contribution in [0.5, 0.6) is 6.01 Å². The van der Waals surface area contributed by atoms with Crippen LogP contribution < -0.4 is 10.1 Å². The molecule has 0 aliphatic carbocycles. The number of nitrogens with zero attached hydrogens (tertiary/aromatic N) is 2. The van der Waals surface area contributed by atoms with Crippen molar-refractivity contribution in [3.8, 4) is 6.01 Å². The van der Waals surface area contributed by atoms with Crippen LogP contribution in [0.3, 0.4) is 0 Å². The van der Waals surface area contributed by atoms with E-state index in [2.05, 4.69) is 15.3 Å². The molecule has 18 heavy (non-hydrogen) atoms. The van der Waals surface area contributed by atoms with Crippen molar-refractivity contribution >= 4 is 0 Å². The van der Waals surface area contributed by atoms with Gasteiger partial charge in [0.05, 0.1) is 12.2 Å². The molecule has 1 aromatic heterocycles. The van der Waals surface area contributed by atoms with Crippen LogP contribution >= 0.6 is 0 Å². The Morgan fingerprint density at radius 3 is 2.94 bits per heavy atom. The Hall–Kier alpha value is -1.20. The third kappa shape index (κ3) is 2.62. The molecule has 1 atom stereocenters. The molecule has 2 fully saturated rings. The van der Waals surface area contributed by atoms with Gasteiger partial charge >= 0.3 is 6.01 Å². The van der Waals surface area contributed by atoms with Crippen molar-refractivity contribution in [2.75, 3.05) is 26.3 Å². The number of hydrogen-bond acceptors (Lipinski definition) is 5. The van der Waals surface area contributed by atoms with Gasteiger partial charge in [0.15, 0.2) is 0 Å². The van der Waals surface area contributed by atoms with Gasteiger partial charge in [-0.2, -0.15) is 0 Å². The highest BCUT2D eigenvalue weighted by molar-refractivity contribution is 4.98. The van der Waals surface area contributed by atoms with Crippen molar-refractivity contribution in [2.45, 2.75) is 24.9 Å². The lowest BCUT2D eigenvalue weighted by Crippen LogP contribution is -2.63. The number of nitrogens with one attached hydrogen (secondary N) is 1. The molecular formula is C13H19N3O2. The van der Waals surface area contributed by atoms with Crippen molar-refractivity contribution in [2.24, 2.45) is 5.92 Å². The SMILES string of the molecule is c1cnc(OCC[C@H]2CCOC3(CNC3)C2)nc1. The lowest BCUT2D eigenvalue weighted by Gasteiger charge is -2.47. The van der Waals surface area contributed by atoms with Crippen molar-refractivity contribution in [1.29, 1.82) is 0 Å². The van der Waals surface area contributed by atoms with E-state index in [1.807, 2.05) is 0 Å². The molecule has 0 saturated carbocycles. The van der Waals surface area contributed by atoms with Crippen molar-refractivity contribution in [3.63, 3.8) is 0 Å². The largest absolute Gasteiger partial charge is 0.463 e.